The highest BCUT2D eigenvalue weighted by atomic mass is 32.2. The van der Waals surface area contributed by atoms with Crippen LogP contribution in [0.15, 0.2) is 34.7 Å². The molecule has 1 fully saturated rings. The molecule has 0 amide bonds. The topological polar surface area (TPSA) is 66.9 Å². The van der Waals surface area contributed by atoms with Gasteiger partial charge in [-0.05, 0) is 47.6 Å². The van der Waals surface area contributed by atoms with Gasteiger partial charge in [-0.25, -0.2) is 9.97 Å². The first-order chi connectivity index (χ1) is 14.8. The van der Waals surface area contributed by atoms with Crippen LogP contribution in [0.4, 0.5) is 24.8 Å². The molecule has 2 N–H and O–H groups in total. The number of halogens is 3. The highest BCUT2D eigenvalue weighted by molar-refractivity contribution is 7.84. The van der Waals surface area contributed by atoms with Crippen LogP contribution >= 0.6 is 11.3 Å². The molecule has 0 spiro atoms. The molecule has 31 heavy (non-hydrogen) atoms. The number of nitrogens with zero attached hydrogens (tertiary/aromatic N) is 2. The number of thiophene rings is 1. The van der Waals surface area contributed by atoms with Crippen molar-refractivity contribution in [1.82, 2.24) is 15.3 Å². The van der Waals surface area contributed by atoms with E-state index < -0.39 is 22.5 Å². The Kier molecular flexibility index (Phi) is 5.10. The number of hydrogen-bond donors (Lipinski definition) is 2. The van der Waals surface area contributed by atoms with E-state index in [-0.39, 0.29) is 11.6 Å². The molecule has 1 unspecified atom stereocenters. The number of nitrogens with one attached hydrogen (secondary N) is 2. The molecule has 1 aliphatic carbocycles. The molecule has 0 saturated heterocycles. The summed E-state index contributed by atoms with van der Waals surface area (Å²) in [6, 6.07) is 5.73. The molecule has 0 radical (unpaired) electrons. The van der Waals surface area contributed by atoms with Crippen LogP contribution in [0.2, 0.25) is 0 Å². The minimum Gasteiger partial charge on any atom is -0.324 e. The van der Waals surface area contributed by atoms with Crippen molar-refractivity contribution in [2.45, 2.75) is 42.9 Å². The molecule has 2 aliphatic rings. The summed E-state index contributed by atoms with van der Waals surface area (Å²) >= 11 is 1.09. The maximum atomic E-state index is 13.6. The van der Waals surface area contributed by atoms with Gasteiger partial charge in [-0.3, -0.25) is 4.21 Å². The van der Waals surface area contributed by atoms with Crippen molar-refractivity contribution in [3.63, 3.8) is 0 Å². The Balaban J connectivity index is 1.56. The monoisotopic (exact) mass is 464 g/mol. The molecular formula is C21H19F3N4OS2. The number of benzene rings is 1. The van der Waals surface area contributed by atoms with E-state index in [0.717, 1.165) is 54.7 Å². The van der Waals surface area contributed by atoms with E-state index >= 15 is 0 Å². The third-order valence-corrected chi connectivity index (χ3v) is 7.49. The van der Waals surface area contributed by atoms with Crippen molar-refractivity contribution in [3.05, 3.63) is 52.0 Å². The summed E-state index contributed by atoms with van der Waals surface area (Å²) in [5, 5.41) is 8.09. The second-order valence-electron chi connectivity index (χ2n) is 7.77. The first-order valence-corrected chi connectivity index (χ1v) is 12.2. The Hall–Kier alpha value is -2.30. The Morgan fingerprint density at radius 3 is 2.58 bits per heavy atom. The number of alkyl halides is 3. The van der Waals surface area contributed by atoms with E-state index in [1.54, 1.807) is 5.38 Å². The first-order valence-electron chi connectivity index (χ1n) is 9.79. The van der Waals surface area contributed by atoms with Gasteiger partial charge in [-0.15, -0.1) is 11.3 Å². The molecular weight excluding hydrogens is 445 g/mol. The summed E-state index contributed by atoms with van der Waals surface area (Å²) < 4.78 is 52.6. The summed E-state index contributed by atoms with van der Waals surface area (Å²) in [5.74, 6) is 0.574. The Morgan fingerprint density at radius 1 is 1.19 bits per heavy atom. The average Bonchev–Trinajstić information content (AvgIpc) is 3.24. The van der Waals surface area contributed by atoms with Gasteiger partial charge < -0.3 is 10.6 Å². The standard InChI is InChI=1S/C21H19F3N4OS2/c1-31(29)14-6-18(30-10-14)19-16(21(22,23)24)9-26-20(28-19)27-17-5-13-8-25-7-12(13)4-15(17)11-2-3-11/h4-6,9-11,25H,2-3,7-8H2,1H3,(H,26,27,28). The lowest BCUT2D eigenvalue weighted by Gasteiger charge is -2.15. The molecule has 1 aliphatic heterocycles. The molecule has 3 aromatic rings. The highest BCUT2D eigenvalue weighted by Crippen LogP contribution is 2.45. The molecule has 1 atom stereocenters. The lowest BCUT2D eigenvalue weighted by atomic mass is 10.0. The third kappa shape index (κ3) is 4.11. The van der Waals surface area contributed by atoms with Gasteiger partial charge in [0, 0.05) is 41.5 Å². The van der Waals surface area contributed by atoms with E-state index in [1.165, 1.54) is 23.4 Å². The summed E-state index contributed by atoms with van der Waals surface area (Å²) in [4.78, 5) is 9.00. The van der Waals surface area contributed by atoms with Gasteiger partial charge in [0.2, 0.25) is 5.95 Å². The number of aromatic nitrogens is 2. The van der Waals surface area contributed by atoms with Crippen LogP contribution in [0.1, 0.15) is 41.0 Å². The fraction of sp³-hybridized carbons (Fsp3) is 0.333. The first kappa shape index (κ1) is 20.6. The van der Waals surface area contributed by atoms with E-state index in [4.69, 9.17) is 0 Å². The quantitative estimate of drug-likeness (QED) is 0.544. The minimum atomic E-state index is -4.60. The largest absolute Gasteiger partial charge is 0.420 e. The van der Waals surface area contributed by atoms with Crippen molar-refractivity contribution in [2.24, 2.45) is 0 Å². The van der Waals surface area contributed by atoms with Gasteiger partial charge in [0.1, 0.15) is 5.56 Å². The SMILES string of the molecule is CS(=O)c1csc(-c2nc(Nc3cc4c(cc3C3CC3)CNC4)ncc2C(F)(F)F)c1. The molecule has 5 rings (SSSR count). The van der Waals surface area contributed by atoms with E-state index in [1.807, 2.05) is 6.07 Å². The van der Waals surface area contributed by atoms with Crippen LogP contribution in [0.25, 0.3) is 10.6 Å². The maximum Gasteiger partial charge on any atom is 0.420 e. The molecule has 162 valence electrons. The average molecular weight is 465 g/mol. The summed E-state index contributed by atoms with van der Waals surface area (Å²) in [5.41, 5.74) is 3.33. The Morgan fingerprint density at radius 2 is 1.94 bits per heavy atom. The number of fused-ring (bicyclic) bond motifs is 1. The Labute approximate surface area is 183 Å². The number of anilines is 2. The van der Waals surface area contributed by atoms with Gasteiger partial charge in [-0.2, -0.15) is 13.2 Å². The van der Waals surface area contributed by atoms with Crippen molar-refractivity contribution in [3.8, 4) is 10.6 Å². The number of rotatable bonds is 5. The molecule has 1 saturated carbocycles. The molecule has 3 heterocycles. The zero-order valence-electron chi connectivity index (χ0n) is 16.5. The van der Waals surface area contributed by atoms with E-state index in [9.17, 15) is 17.4 Å². The smallest absolute Gasteiger partial charge is 0.324 e. The predicted molar refractivity (Wildman–Crippen MR) is 115 cm³/mol. The molecule has 0 bridgehead atoms. The van der Waals surface area contributed by atoms with Gasteiger partial charge in [0.05, 0.1) is 21.4 Å². The van der Waals surface area contributed by atoms with Gasteiger partial charge in [0.25, 0.3) is 0 Å². The van der Waals surface area contributed by atoms with Crippen molar-refractivity contribution < 1.29 is 17.4 Å². The van der Waals surface area contributed by atoms with Crippen molar-refractivity contribution in [2.75, 3.05) is 11.6 Å². The highest BCUT2D eigenvalue weighted by Gasteiger charge is 2.36. The lowest BCUT2D eigenvalue weighted by molar-refractivity contribution is -0.137. The van der Waals surface area contributed by atoms with E-state index in [0.29, 0.717) is 15.7 Å². The summed E-state index contributed by atoms with van der Waals surface area (Å²) in [6.07, 6.45) is -0.0790. The third-order valence-electron chi connectivity index (χ3n) is 5.50. The van der Waals surface area contributed by atoms with Crippen LogP contribution in [-0.2, 0) is 30.1 Å². The van der Waals surface area contributed by atoms with Gasteiger partial charge in [-0.1, -0.05) is 6.07 Å². The predicted octanol–water partition coefficient (Wildman–Crippen LogP) is 5.19. The molecule has 10 heteroatoms. The minimum absolute atomic E-state index is 0.114. The summed E-state index contributed by atoms with van der Waals surface area (Å²) in [7, 11) is -1.28. The Bertz CT molecular complexity index is 1190. The van der Waals surface area contributed by atoms with Crippen molar-refractivity contribution in [1.29, 1.82) is 0 Å². The normalized spacial score (nSPS) is 16.9. The molecule has 5 nitrogen and oxygen atoms in total. The fourth-order valence-corrected chi connectivity index (χ4v) is 5.58. The van der Waals surface area contributed by atoms with E-state index in [2.05, 4.69) is 26.7 Å². The zero-order chi connectivity index (χ0) is 21.8. The van der Waals surface area contributed by atoms with Crippen LogP contribution in [-0.4, -0.2) is 20.4 Å². The van der Waals surface area contributed by atoms with Gasteiger partial charge >= 0.3 is 6.18 Å². The van der Waals surface area contributed by atoms with Crippen LogP contribution in [0, 0.1) is 0 Å². The molecule has 1 aromatic carbocycles. The zero-order valence-corrected chi connectivity index (χ0v) is 18.2. The molecule has 2 aromatic heterocycles. The summed E-state index contributed by atoms with van der Waals surface area (Å²) in [6.45, 7) is 1.59. The van der Waals surface area contributed by atoms with Crippen LogP contribution in [0.3, 0.4) is 0 Å². The van der Waals surface area contributed by atoms with Crippen LogP contribution < -0.4 is 10.6 Å². The van der Waals surface area contributed by atoms with Crippen molar-refractivity contribution >= 4 is 33.8 Å². The maximum absolute atomic E-state index is 13.6. The second kappa shape index (κ2) is 7.68. The fourth-order valence-electron chi connectivity index (χ4n) is 3.76. The number of hydrogen-bond acceptors (Lipinski definition) is 6. The second-order valence-corrected chi connectivity index (χ2v) is 10.1. The van der Waals surface area contributed by atoms with Gasteiger partial charge in [0.15, 0.2) is 0 Å². The van der Waals surface area contributed by atoms with Crippen LogP contribution in [0.5, 0.6) is 0 Å². The lowest BCUT2D eigenvalue weighted by Crippen LogP contribution is -2.11.